The van der Waals surface area contributed by atoms with E-state index in [2.05, 4.69) is 6.92 Å². The maximum Gasteiger partial charge on any atom is 0.0813 e. The highest BCUT2D eigenvalue weighted by Gasteiger charge is 2.23. The lowest BCUT2D eigenvalue weighted by atomic mass is 10.1. The molecule has 0 unspecified atom stereocenters. The summed E-state index contributed by atoms with van der Waals surface area (Å²) >= 11 is 0. The molecule has 0 aromatic rings. The molecule has 0 bridgehead atoms. The molecule has 1 fully saturated rings. The van der Waals surface area contributed by atoms with E-state index in [1.54, 1.807) is 7.11 Å². The van der Waals surface area contributed by atoms with Gasteiger partial charge in [0.05, 0.1) is 18.8 Å². The molecule has 0 aromatic heterocycles. The highest BCUT2D eigenvalue weighted by molar-refractivity contribution is 4.72. The molecule has 1 aliphatic rings. The van der Waals surface area contributed by atoms with Gasteiger partial charge in [0.2, 0.25) is 0 Å². The molecule has 2 nitrogen and oxygen atoms in total. The molecule has 0 amide bonds. The predicted molar refractivity (Wildman–Crippen MR) is 44.7 cm³/mol. The average Bonchev–Trinajstić information content (AvgIpc) is 2.38. The van der Waals surface area contributed by atoms with Gasteiger partial charge in [-0.1, -0.05) is 13.3 Å². The standard InChI is InChI=1S/C9H18O2/c1-3-4-8-5-6-9(11-8)7-10-2/h8-9H,3-7H2,1-2H3/t8-,9+/m1/s1. The zero-order valence-electron chi connectivity index (χ0n) is 7.51. The van der Waals surface area contributed by atoms with Crippen molar-refractivity contribution in [2.75, 3.05) is 13.7 Å². The van der Waals surface area contributed by atoms with Crippen LogP contribution in [0.3, 0.4) is 0 Å². The van der Waals surface area contributed by atoms with Crippen LogP contribution in [-0.2, 0) is 9.47 Å². The molecule has 2 heteroatoms. The van der Waals surface area contributed by atoms with Crippen molar-refractivity contribution in [3.63, 3.8) is 0 Å². The highest BCUT2D eigenvalue weighted by Crippen LogP contribution is 2.22. The maximum atomic E-state index is 5.72. The van der Waals surface area contributed by atoms with Crippen LogP contribution in [0.15, 0.2) is 0 Å². The van der Waals surface area contributed by atoms with Gasteiger partial charge in [-0.3, -0.25) is 0 Å². The molecule has 66 valence electrons. The summed E-state index contributed by atoms with van der Waals surface area (Å²) < 4.78 is 10.7. The first-order valence-electron chi connectivity index (χ1n) is 4.51. The molecule has 0 aliphatic carbocycles. The minimum Gasteiger partial charge on any atom is -0.382 e. The Balaban J connectivity index is 2.12. The van der Waals surface area contributed by atoms with Gasteiger partial charge in [-0.05, 0) is 19.3 Å². The summed E-state index contributed by atoms with van der Waals surface area (Å²) in [5.41, 5.74) is 0. The lowest BCUT2D eigenvalue weighted by Crippen LogP contribution is -2.15. The van der Waals surface area contributed by atoms with Crippen LogP contribution in [0.25, 0.3) is 0 Å². The van der Waals surface area contributed by atoms with E-state index >= 15 is 0 Å². The largest absolute Gasteiger partial charge is 0.382 e. The number of hydrogen-bond donors (Lipinski definition) is 0. The van der Waals surface area contributed by atoms with E-state index in [0.29, 0.717) is 12.2 Å². The minimum absolute atomic E-state index is 0.372. The van der Waals surface area contributed by atoms with E-state index in [0.717, 1.165) is 6.61 Å². The molecule has 1 aliphatic heterocycles. The van der Waals surface area contributed by atoms with E-state index in [-0.39, 0.29) is 0 Å². The van der Waals surface area contributed by atoms with Crippen molar-refractivity contribution in [3.8, 4) is 0 Å². The minimum atomic E-state index is 0.372. The summed E-state index contributed by atoms with van der Waals surface area (Å²) in [7, 11) is 1.73. The van der Waals surface area contributed by atoms with E-state index in [9.17, 15) is 0 Å². The van der Waals surface area contributed by atoms with Gasteiger partial charge in [0.15, 0.2) is 0 Å². The second kappa shape index (κ2) is 4.73. The van der Waals surface area contributed by atoms with E-state index in [1.165, 1.54) is 25.7 Å². The van der Waals surface area contributed by atoms with Gasteiger partial charge in [0.1, 0.15) is 0 Å². The zero-order valence-corrected chi connectivity index (χ0v) is 7.51. The van der Waals surface area contributed by atoms with Gasteiger partial charge < -0.3 is 9.47 Å². The lowest BCUT2D eigenvalue weighted by Gasteiger charge is -2.11. The highest BCUT2D eigenvalue weighted by atomic mass is 16.5. The monoisotopic (exact) mass is 158 g/mol. The second-order valence-electron chi connectivity index (χ2n) is 3.20. The fourth-order valence-electron chi connectivity index (χ4n) is 1.62. The van der Waals surface area contributed by atoms with Crippen LogP contribution in [0.2, 0.25) is 0 Å². The molecule has 1 rings (SSSR count). The average molecular weight is 158 g/mol. The van der Waals surface area contributed by atoms with Gasteiger partial charge in [0, 0.05) is 7.11 Å². The number of ether oxygens (including phenoxy) is 2. The molecule has 0 N–H and O–H groups in total. The van der Waals surface area contributed by atoms with Crippen molar-refractivity contribution in [2.24, 2.45) is 0 Å². The van der Waals surface area contributed by atoms with E-state index in [4.69, 9.17) is 9.47 Å². The maximum absolute atomic E-state index is 5.72. The Kier molecular flexibility index (Phi) is 3.87. The molecule has 2 atom stereocenters. The lowest BCUT2D eigenvalue weighted by molar-refractivity contribution is -0.00424. The first kappa shape index (κ1) is 9.01. The smallest absolute Gasteiger partial charge is 0.0813 e. The number of methoxy groups -OCH3 is 1. The Morgan fingerprint density at radius 3 is 2.73 bits per heavy atom. The first-order chi connectivity index (χ1) is 5.36. The van der Waals surface area contributed by atoms with Crippen molar-refractivity contribution in [1.82, 2.24) is 0 Å². The molecule has 1 heterocycles. The quantitative estimate of drug-likeness (QED) is 0.623. The summed E-state index contributed by atoms with van der Waals surface area (Å²) in [5, 5.41) is 0. The van der Waals surface area contributed by atoms with Crippen LogP contribution in [0.5, 0.6) is 0 Å². The van der Waals surface area contributed by atoms with Crippen LogP contribution < -0.4 is 0 Å². The normalized spacial score (nSPS) is 31.1. The Bertz CT molecular complexity index is 91.7. The fraction of sp³-hybridized carbons (Fsp3) is 1.00. The van der Waals surface area contributed by atoms with Gasteiger partial charge >= 0.3 is 0 Å². The third kappa shape index (κ3) is 2.80. The first-order valence-corrected chi connectivity index (χ1v) is 4.51. The van der Waals surface area contributed by atoms with Gasteiger partial charge in [0.25, 0.3) is 0 Å². The second-order valence-corrected chi connectivity index (χ2v) is 3.20. The van der Waals surface area contributed by atoms with Crippen molar-refractivity contribution in [1.29, 1.82) is 0 Å². The predicted octanol–water partition coefficient (Wildman–Crippen LogP) is 1.98. The Morgan fingerprint density at radius 1 is 1.36 bits per heavy atom. The SMILES string of the molecule is CCC[C@@H]1CC[C@@H](COC)O1. The molecule has 11 heavy (non-hydrogen) atoms. The molecule has 0 aromatic carbocycles. The summed E-state index contributed by atoms with van der Waals surface area (Å²) in [6, 6.07) is 0. The summed E-state index contributed by atoms with van der Waals surface area (Å²) in [4.78, 5) is 0. The van der Waals surface area contributed by atoms with Crippen molar-refractivity contribution in [3.05, 3.63) is 0 Å². The summed E-state index contributed by atoms with van der Waals surface area (Å²) in [5.74, 6) is 0. The Hall–Kier alpha value is -0.0800. The van der Waals surface area contributed by atoms with Crippen LogP contribution in [0.1, 0.15) is 32.6 Å². The summed E-state index contributed by atoms with van der Waals surface area (Å²) in [6.07, 6.45) is 5.72. The summed E-state index contributed by atoms with van der Waals surface area (Å²) in [6.45, 7) is 2.97. The van der Waals surface area contributed by atoms with Crippen LogP contribution in [0.4, 0.5) is 0 Å². The third-order valence-electron chi connectivity index (χ3n) is 2.16. The van der Waals surface area contributed by atoms with Crippen molar-refractivity contribution < 1.29 is 9.47 Å². The molecule has 0 radical (unpaired) electrons. The number of hydrogen-bond acceptors (Lipinski definition) is 2. The number of rotatable bonds is 4. The third-order valence-corrected chi connectivity index (χ3v) is 2.16. The van der Waals surface area contributed by atoms with Gasteiger partial charge in [-0.25, -0.2) is 0 Å². The molecular weight excluding hydrogens is 140 g/mol. The van der Waals surface area contributed by atoms with Crippen molar-refractivity contribution in [2.45, 2.75) is 44.8 Å². The van der Waals surface area contributed by atoms with Crippen molar-refractivity contribution >= 4 is 0 Å². The van der Waals surface area contributed by atoms with Gasteiger partial charge in [-0.15, -0.1) is 0 Å². The molecule has 1 saturated heterocycles. The van der Waals surface area contributed by atoms with E-state index in [1.807, 2.05) is 0 Å². The topological polar surface area (TPSA) is 18.5 Å². The fourth-order valence-corrected chi connectivity index (χ4v) is 1.62. The Labute approximate surface area is 68.9 Å². The van der Waals surface area contributed by atoms with Crippen LogP contribution in [0, 0.1) is 0 Å². The molecule has 0 saturated carbocycles. The van der Waals surface area contributed by atoms with Gasteiger partial charge in [-0.2, -0.15) is 0 Å². The Morgan fingerprint density at radius 2 is 2.09 bits per heavy atom. The molecule has 0 spiro atoms. The van der Waals surface area contributed by atoms with E-state index < -0.39 is 0 Å². The zero-order chi connectivity index (χ0) is 8.10. The molecular formula is C9H18O2. The van der Waals surface area contributed by atoms with Crippen LogP contribution in [-0.4, -0.2) is 25.9 Å². The van der Waals surface area contributed by atoms with Crippen LogP contribution >= 0.6 is 0 Å².